The van der Waals surface area contributed by atoms with Crippen molar-refractivity contribution in [3.05, 3.63) is 17.9 Å². The van der Waals surface area contributed by atoms with Crippen molar-refractivity contribution in [1.82, 2.24) is 5.32 Å². The molecule has 0 aliphatic heterocycles. The van der Waals surface area contributed by atoms with Crippen molar-refractivity contribution >= 4 is 23.6 Å². The van der Waals surface area contributed by atoms with Crippen LogP contribution < -0.4 is 5.32 Å². The zero-order valence-corrected chi connectivity index (χ0v) is 10.8. The average molecular weight is 257 g/mol. The summed E-state index contributed by atoms with van der Waals surface area (Å²) in [6.45, 7) is 3.16. The smallest absolute Gasteiger partial charge is 0.329 e. The number of furan rings is 1. The first kappa shape index (κ1) is 13.6. The summed E-state index contributed by atoms with van der Waals surface area (Å²) < 4.78 is 5.22. The molecule has 0 spiro atoms. The van der Waals surface area contributed by atoms with E-state index in [0.29, 0.717) is 11.5 Å². The minimum Gasteiger partial charge on any atom is -0.480 e. The molecule has 1 unspecified atom stereocenters. The molecule has 1 amide bonds. The Morgan fingerprint density at radius 1 is 1.53 bits per heavy atom. The van der Waals surface area contributed by atoms with E-state index in [2.05, 4.69) is 5.32 Å². The predicted octanol–water partition coefficient (Wildman–Crippen LogP) is 1.98. The molecular formula is C11H15NO4S. The molecule has 6 heteroatoms. The molecule has 0 aromatic carbocycles. The van der Waals surface area contributed by atoms with Gasteiger partial charge in [0, 0.05) is 0 Å². The molecule has 0 aliphatic rings. The van der Waals surface area contributed by atoms with Gasteiger partial charge in [-0.05, 0) is 31.7 Å². The van der Waals surface area contributed by atoms with Gasteiger partial charge < -0.3 is 14.8 Å². The highest BCUT2D eigenvalue weighted by Gasteiger charge is 2.33. The first-order valence-electron chi connectivity index (χ1n) is 5.12. The molecule has 5 nitrogen and oxygen atoms in total. The third-order valence-electron chi connectivity index (χ3n) is 2.57. The lowest BCUT2D eigenvalue weighted by Gasteiger charge is -2.23. The van der Waals surface area contributed by atoms with Crippen LogP contribution >= 0.6 is 11.8 Å². The van der Waals surface area contributed by atoms with Gasteiger partial charge >= 0.3 is 5.97 Å². The zero-order chi connectivity index (χ0) is 13.1. The molecule has 0 fully saturated rings. The summed E-state index contributed by atoms with van der Waals surface area (Å²) in [5.41, 5.74) is -1.27. The van der Waals surface area contributed by atoms with Gasteiger partial charge in [0.05, 0.1) is 0 Å². The quantitative estimate of drug-likeness (QED) is 0.788. The summed E-state index contributed by atoms with van der Waals surface area (Å²) in [5.74, 6) is -1.46. The first-order valence-corrected chi connectivity index (χ1v) is 6.35. The Bertz CT molecular complexity index is 429. The Labute approximate surface area is 104 Å². The van der Waals surface area contributed by atoms with Crippen LogP contribution in [0, 0.1) is 0 Å². The van der Waals surface area contributed by atoms with E-state index in [1.807, 2.05) is 6.26 Å². The highest BCUT2D eigenvalue weighted by Crippen LogP contribution is 2.19. The molecule has 17 heavy (non-hydrogen) atoms. The topological polar surface area (TPSA) is 79.5 Å². The molecule has 1 aromatic heterocycles. The number of carbonyl (C=O) groups is 2. The molecule has 0 aliphatic carbocycles. The van der Waals surface area contributed by atoms with Gasteiger partial charge in [-0.15, -0.1) is 0 Å². The fourth-order valence-corrected chi connectivity index (χ4v) is 1.53. The van der Waals surface area contributed by atoms with Gasteiger partial charge in [0.15, 0.2) is 10.9 Å². The van der Waals surface area contributed by atoms with E-state index in [1.165, 1.54) is 24.8 Å². The summed E-state index contributed by atoms with van der Waals surface area (Å²) in [7, 11) is 0. The van der Waals surface area contributed by atoms with E-state index in [4.69, 9.17) is 9.52 Å². The van der Waals surface area contributed by atoms with Gasteiger partial charge in [-0.3, -0.25) is 4.79 Å². The molecule has 0 radical (unpaired) electrons. The van der Waals surface area contributed by atoms with Crippen LogP contribution in [0.5, 0.6) is 0 Å². The maximum atomic E-state index is 11.8. The molecule has 1 aromatic rings. The van der Waals surface area contributed by atoms with Crippen molar-refractivity contribution in [2.45, 2.75) is 30.9 Å². The Balaban J connectivity index is 2.81. The minimum atomic E-state index is -1.27. The molecule has 0 saturated carbocycles. The maximum absolute atomic E-state index is 11.8. The first-order chi connectivity index (χ1) is 7.92. The maximum Gasteiger partial charge on any atom is 0.329 e. The van der Waals surface area contributed by atoms with Crippen LogP contribution in [0.3, 0.4) is 0 Å². The van der Waals surface area contributed by atoms with Crippen LogP contribution in [0.2, 0.25) is 0 Å². The van der Waals surface area contributed by atoms with Crippen molar-refractivity contribution in [2.75, 3.05) is 6.26 Å². The van der Waals surface area contributed by atoms with E-state index in [0.717, 1.165) is 0 Å². The number of carboxylic acid groups (broad SMARTS) is 1. The zero-order valence-electron chi connectivity index (χ0n) is 9.94. The van der Waals surface area contributed by atoms with Gasteiger partial charge in [0.25, 0.3) is 5.91 Å². The van der Waals surface area contributed by atoms with Gasteiger partial charge in [0.2, 0.25) is 0 Å². The van der Waals surface area contributed by atoms with Crippen LogP contribution in [-0.2, 0) is 4.79 Å². The molecule has 94 valence electrons. The van der Waals surface area contributed by atoms with E-state index >= 15 is 0 Å². The third kappa shape index (κ3) is 3.03. The van der Waals surface area contributed by atoms with Crippen molar-refractivity contribution in [3.8, 4) is 0 Å². The summed E-state index contributed by atoms with van der Waals surface area (Å²) in [5, 5.41) is 12.1. The largest absolute Gasteiger partial charge is 0.480 e. The Morgan fingerprint density at radius 3 is 2.59 bits per heavy atom. The fraction of sp³-hybridized carbons (Fsp3) is 0.455. The summed E-state index contributed by atoms with van der Waals surface area (Å²) in [6.07, 6.45) is 2.12. The van der Waals surface area contributed by atoms with Crippen LogP contribution in [0.25, 0.3) is 0 Å². The number of nitrogens with one attached hydrogen (secondary N) is 1. The normalized spacial score (nSPS) is 14.1. The molecule has 0 bridgehead atoms. The Kier molecular flexibility index (Phi) is 4.22. The second kappa shape index (κ2) is 5.27. The Hall–Kier alpha value is -1.43. The second-order valence-electron chi connectivity index (χ2n) is 3.77. The molecule has 1 atom stereocenters. The number of amides is 1. The van der Waals surface area contributed by atoms with Crippen molar-refractivity contribution in [1.29, 1.82) is 0 Å². The number of rotatable bonds is 5. The number of carboxylic acids is 1. The van der Waals surface area contributed by atoms with E-state index < -0.39 is 17.4 Å². The van der Waals surface area contributed by atoms with Crippen molar-refractivity contribution in [3.63, 3.8) is 0 Å². The van der Waals surface area contributed by atoms with Crippen LogP contribution in [0.1, 0.15) is 30.8 Å². The van der Waals surface area contributed by atoms with Crippen LogP contribution in [0.4, 0.5) is 0 Å². The lowest BCUT2D eigenvalue weighted by Crippen LogP contribution is -2.51. The predicted molar refractivity (Wildman–Crippen MR) is 64.3 cm³/mol. The molecule has 0 saturated heterocycles. The van der Waals surface area contributed by atoms with Crippen LogP contribution in [0.15, 0.2) is 21.6 Å². The SMILES string of the molecule is CCC(C)(NC(=O)c1ccc(SC)o1)C(=O)O. The van der Waals surface area contributed by atoms with E-state index in [9.17, 15) is 9.59 Å². The molecule has 1 heterocycles. The standard InChI is InChI=1S/C11H15NO4S/c1-4-11(2,10(14)15)12-9(13)7-5-6-8(16-7)17-3/h5-6H,4H2,1-3H3,(H,12,13)(H,14,15). The average Bonchev–Trinajstić information content (AvgIpc) is 2.77. The highest BCUT2D eigenvalue weighted by molar-refractivity contribution is 7.98. The summed E-state index contributed by atoms with van der Waals surface area (Å²) in [4.78, 5) is 22.8. The molecule has 2 N–H and O–H groups in total. The second-order valence-corrected chi connectivity index (χ2v) is 4.58. The molecular weight excluding hydrogens is 242 g/mol. The number of hydrogen-bond donors (Lipinski definition) is 2. The number of carbonyl (C=O) groups excluding carboxylic acids is 1. The lowest BCUT2D eigenvalue weighted by atomic mass is 9.99. The Morgan fingerprint density at radius 2 is 2.18 bits per heavy atom. The number of thioether (sulfide) groups is 1. The lowest BCUT2D eigenvalue weighted by molar-refractivity contribution is -0.143. The van der Waals surface area contributed by atoms with Gasteiger partial charge in [-0.25, -0.2) is 4.79 Å². The van der Waals surface area contributed by atoms with E-state index in [-0.39, 0.29) is 5.76 Å². The van der Waals surface area contributed by atoms with Crippen LogP contribution in [-0.4, -0.2) is 28.8 Å². The minimum absolute atomic E-state index is 0.121. The van der Waals surface area contributed by atoms with Gasteiger partial charge in [-0.1, -0.05) is 18.7 Å². The summed E-state index contributed by atoms with van der Waals surface area (Å²) in [6, 6.07) is 3.20. The van der Waals surface area contributed by atoms with Gasteiger partial charge in [0.1, 0.15) is 5.54 Å². The highest BCUT2D eigenvalue weighted by atomic mass is 32.2. The van der Waals surface area contributed by atoms with Crippen molar-refractivity contribution < 1.29 is 19.1 Å². The fourth-order valence-electron chi connectivity index (χ4n) is 1.16. The summed E-state index contributed by atoms with van der Waals surface area (Å²) >= 11 is 1.37. The third-order valence-corrected chi connectivity index (χ3v) is 3.20. The molecule has 1 rings (SSSR count). The van der Waals surface area contributed by atoms with Crippen molar-refractivity contribution in [2.24, 2.45) is 0 Å². The number of aliphatic carboxylic acids is 1. The van der Waals surface area contributed by atoms with Gasteiger partial charge in [-0.2, -0.15) is 0 Å². The number of hydrogen-bond acceptors (Lipinski definition) is 4. The monoisotopic (exact) mass is 257 g/mol. The van der Waals surface area contributed by atoms with E-state index in [1.54, 1.807) is 13.0 Å².